The van der Waals surface area contributed by atoms with E-state index in [2.05, 4.69) is 10.6 Å². The van der Waals surface area contributed by atoms with Crippen LogP contribution >= 0.6 is 11.3 Å². The third kappa shape index (κ3) is 5.41. The summed E-state index contributed by atoms with van der Waals surface area (Å²) in [6, 6.07) is 10.8. The molecular formula is C17H20N2O3S. The van der Waals surface area contributed by atoms with Gasteiger partial charge in [-0.05, 0) is 50.2 Å². The van der Waals surface area contributed by atoms with E-state index in [1.54, 1.807) is 35.6 Å². The fraction of sp³-hybridized carbons (Fsp3) is 0.294. The van der Waals surface area contributed by atoms with Crippen molar-refractivity contribution in [1.82, 2.24) is 10.6 Å². The summed E-state index contributed by atoms with van der Waals surface area (Å²) in [4.78, 5) is 26.0. The Hall–Kier alpha value is -2.34. The number of amides is 2. The largest absolute Gasteiger partial charge is 0.494 e. The van der Waals surface area contributed by atoms with Gasteiger partial charge in [-0.2, -0.15) is 0 Å². The van der Waals surface area contributed by atoms with Gasteiger partial charge in [0, 0.05) is 15.3 Å². The average molecular weight is 332 g/mol. The molecule has 2 aromatic rings. The summed E-state index contributed by atoms with van der Waals surface area (Å²) in [6.45, 7) is 4.94. The number of hydrogen-bond donors (Lipinski definition) is 2. The van der Waals surface area contributed by atoms with Crippen molar-refractivity contribution in [3.05, 3.63) is 51.7 Å². The lowest BCUT2D eigenvalue weighted by atomic mass is 10.2. The molecule has 5 nitrogen and oxygen atoms in total. The van der Waals surface area contributed by atoms with E-state index >= 15 is 0 Å². The number of carbonyl (C=O) groups is 2. The quantitative estimate of drug-likeness (QED) is 0.818. The third-order valence-corrected chi connectivity index (χ3v) is 4.09. The first-order chi connectivity index (χ1) is 11.1. The second-order valence-electron chi connectivity index (χ2n) is 4.93. The van der Waals surface area contributed by atoms with Crippen molar-refractivity contribution in [3.63, 3.8) is 0 Å². The van der Waals surface area contributed by atoms with Crippen LogP contribution in [0.15, 0.2) is 36.4 Å². The Bertz CT molecular complexity index is 665. The molecule has 0 aliphatic carbocycles. The third-order valence-electron chi connectivity index (χ3n) is 3.09. The normalized spacial score (nSPS) is 10.2. The van der Waals surface area contributed by atoms with E-state index in [4.69, 9.17) is 4.74 Å². The maximum absolute atomic E-state index is 12.0. The number of benzene rings is 1. The molecule has 2 amide bonds. The molecule has 122 valence electrons. The second kappa shape index (κ2) is 8.33. The highest BCUT2D eigenvalue weighted by molar-refractivity contribution is 7.11. The molecule has 0 radical (unpaired) electrons. The zero-order valence-electron chi connectivity index (χ0n) is 13.2. The SMILES string of the molecule is CCOc1ccc(C(=O)NCC(=O)NCc2ccc(C)s2)cc1. The molecule has 2 N–H and O–H groups in total. The summed E-state index contributed by atoms with van der Waals surface area (Å²) in [5.74, 6) is 0.221. The monoisotopic (exact) mass is 332 g/mol. The van der Waals surface area contributed by atoms with Crippen molar-refractivity contribution in [2.24, 2.45) is 0 Å². The molecule has 0 aliphatic heterocycles. The maximum Gasteiger partial charge on any atom is 0.251 e. The fourth-order valence-electron chi connectivity index (χ4n) is 1.96. The molecule has 1 aromatic heterocycles. The van der Waals surface area contributed by atoms with Crippen molar-refractivity contribution < 1.29 is 14.3 Å². The Labute approximate surface area is 139 Å². The number of ether oxygens (including phenoxy) is 1. The first kappa shape index (κ1) is 17.0. The molecule has 0 spiro atoms. The van der Waals surface area contributed by atoms with Gasteiger partial charge in [-0.1, -0.05) is 0 Å². The van der Waals surface area contributed by atoms with Crippen LogP contribution in [0, 0.1) is 6.92 Å². The van der Waals surface area contributed by atoms with E-state index in [9.17, 15) is 9.59 Å². The molecule has 1 aromatic carbocycles. The summed E-state index contributed by atoms with van der Waals surface area (Å²) in [7, 11) is 0. The number of carbonyl (C=O) groups excluding carboxylic acids is 2. The fourth-order valence-corrected chi connectivity index (χ4v) is 2.79. The Balaban J connectivity index is 1.75. The van der Waals surface area contributed by atoms with Gasteiger partial charge < -0.3 is 15.4 Å². The number of aryl methyl sites for hydroxylation is 1. The minimum atomic E-state index is -0.282. The first-order valence-electron chi connectivity index (χ1n) is 7.41. The van der Waals surface area contributed by atoms with Crippen LogP contribution in [-0.4, -0.2) is 25.0 Å². The van der Waals surface area contributed by atoms with Gasteiger partial charge in [-0.25, -0.2) is 0 Å². The van der Waals surface area contributed by atoms with Crippen LogP contribution in [0.3, 0.4) is 0 Å². The molecule has 0 saturated heterocycles. The summed E-state index contributed by atoms with van der Waals surface area (Å²) in [5, 5.41) is 5.38. The topological polar surface area (TPSA) is 67.4 Å². The molecule has 0 atom stereocenters. The molecule has 23 heavy (non-hydrogen) atoms. The van der Waals surface area contributed by atoms with Gasteiger partial charge in [-0.15, -0.1) is 11.3 Å². The zero-order valence-corrected chi connectivity index (χ0v) is 14.0. The van der Waals surface area contributed by atoms with E-state index in [1.807, 2.05) is 26.0 Å². The predicted octanol–water partition coefficient (Wildman–Crippen LogP) is 2.50. The smallest absolute Gasteiger partial charge is 0.251 e. The van der Waals surface area contributed by atoms with Crippen LogP contribution < -0.4 is 15.4 Å². The van der Waals surface area contributed by atoms with Crippen LogP contribution in [0.4, 0.5) is 0 Å². The summed E-state index contributed by atoms with van der Waals surface area (Å²) in [6.07, 6.45) is 0. The Kier molecular flexibility index (Phi) is 6.17. The molecule has 6 heteroatoms. The lowest BCUT2D eigenvalue weighted by Gasteiger charge is -2.07. The second-order valence-corrected chi connectivity index (χ2v) is 6.30. The minimum Gasteiger partial charge on any atom is -0.494 e. The summed E-state index contributed by atoms with van der Waals surface area (Å²) < 4.78 is 5.32. The van der Waals surface area contributed by atoms with Crippen LogP contribution in [0.25, 0.3) is 0 Å². The average Bonchev–Trinajstić information content (AvgIpc) is 2.97. The highest BCUT2D eigenvalue weighted by Crippen LogP contribution is 2.14. The first-order valence-corrected chi connectivity index (χ1v) is 8.23. The van der Waals surface area contributed by atoms with Crippen LogP contribution in [-0.2, 0) is 11.3 Å². The van der Waals surface area contributed by atoms with Gasteiger partial charge in [-0.3, -0.25) is 9.59 Å². The summed E-state index contributed by atoms with van der Waals surface area (Å²) >= 11 is 1.64. The van der Waals surface area contributed by atoms with Crippen LogP contribution in [0.5, 0.6) is 5.75 Å². The van der Waals surface area contributed by atoms with Crippen LogP contribution in [0.2, 0.25) is 0 Å². The van der Waals surface area contributed by atoms with Gasteiger partial charge in [0.15, 0.2) is 0 Å². The molecule has 1 heterocycles. The van der Waals surface area contributed by atoms with Gasteiger partial charge in [0.05, 0.1) is 19.7 Å². The van der Waals surface area contributed by atoms with Crippen molar-refractivity contribution in [3.8, 4) is 5.75 Å². The Morgan fingerprint density at radius 2 is 1.83 bits per heavy atom. The number of hydrogen-bond acceptors (Lipinski definition) is 4. The van der Waals surface area contributed by atoms with Crippen molar-refractivity contribution in [1.29, 1.82) is 0 Å². The molecular weight excluding hydrogens is 312 g/mol. The molecule has 0 aliphatic rings. The van der Waals surface area contributed by atoms with E-state index < -0.39 is 0 Å². The Morgan fingerprint density at radius 1 is 1.09 bits per heavy atom. The van der Waals surface area contributed by atoms with E-state index in [-0.39, 0.29) is 18.4 Å². The van der Waals surface area contributed by atoms with Crippen molar-refractivity contribution in [2.45, 2.75) is 20.4 Å². The highest BCUT2D eigenvalue weighted by atomic mass is 32.1. The minimum absolute atomic E-state index is 0.0452. The molecule has 0 fully saturated rings. The van der Waals surface area contributed by atoms with E-state index in [0.717, 1.165) is 4.88 Å². The molecule has 0 saturated carbocycles. The molecule has 0 bridgehead atoms. The lowest BCUT2D eigenvalue weighted by molar-refractivity contribution is -0.120. The van der Waals surface area contributed by atoms with Gasteiger partial charge in [0.1, 0.15) is 5.75 Å². The maximum atomic E-state index is 12.0. The zero-order chi connectivity index (χ0) is 16.7. The summed E-state index contributed by atoms with van der Waals surface area (Å²) in [5.41, 5.74) is 0.495. The number of nitrogens with one attached hydrogen (secondary N) is 2. The van der Waals surface area contributed by atoms with Gasteiger partial charge >= 0.3 is 0 Å². The van der Waals surface area contributed by atoms with E-state index in [0.29, 0.717) is 24.5 Å². The van der Waals surface area contributed by atoms with Gasteiger partial charge in [0.25, 0.3) is 5.91 Å². The molecule has 2 rings (SSSR count). The van der Waals surface area contributed by atoms with Crippen LogP contribution in [0.1, 0.15) is 27.0 Å². The standard InChI is InChI=1S/C17H20N2O3S/c1-3-22-14-7-5-13(6-8-14)17(21)19-11-16(20)18-10-15-9-4-12(2)23-15/h4-9H,3,10-11H2,1-2H3,(H,18,20)(H,19,21). The van der Waals surface area contributed by atoms with Crippen molar-refractivity contribution >= 4 is 23.2 Å². The Morgan fingerprint density at radius 3 is 2.43 bits per heavy atom. The van der Waals surface area contributed by atoms with E-state index in [1.165, 1.54) is 4.88 Å². The van der Waals surface area contributed by atoms with Gasteiger partial charge in [0.2, 0.25) is 5.91 Å². The number of rotatable bonds is 7. The van der Waals surface area contributed by atoms with Crippen molar-refractivity contribution in [2.75, 3.05) is 13.2 Å². The predicted molar refractivity (Wildman–Crippen MR) is 90.8 cm³/mol. The molecule has 0 unspecified atom stereocenters. The highest BCUT2D eigenvalue weighted by Gasteiger charge is 2.08. The lowest BCUT2D eigenvalue weighted by Crippen LogP contribution is -2.36. The number of thiophene rings is 1.